The lowest BCUT2D eigenvalue weighted by atomic mass is 10.6. The highest BCUT2D eigenvalue weighted by Crippen LogP contribution is 1.50. The third kappa shape index (κ3) is 48.0. The minimum Gasteiger partial charge on any atom is -0.395 e. The Labute approximate surface area is 63.9 Å². The van der Waals surface area contributed by atoms with Crippen LogP contribution in [0.1, 0.15) is 0 Å². The van der Waals surface area contributed by atoms with Crippen molar-refractivity contribution in [1.82, 2.24) is 5.32 Å². The first-order valence-electron chi connectivity index (χ1n) is 3.07. The van der Waals surface area contributed by atoms with Crippen LogP contribution >= 0.6 is 0 Å². The summed E-state index contributed by atoms with van der Waals surface area (Å²) < 4.78 is 0. The molecule has 0 aromatic heterocycles. The lowest BCUT2D eigenvalue weighted by molar-refractivity contribution is -0.402. The van der Waals surface area contributed by atoms with E-state index < -0.39 is 5.09 Å². The highest BCUT2D eigenvalue weighted by Gasteiger charge is 1.79. The van der Waals surface area contributed by atoms with Crippen LogP contribution in [0, 0.1) is 15.3 Å². The van der Waals surface area contributed by atoms with Gasteiger partial charge in [-0.15, -0.1) is 0 Å². The number of nitrogens with one attached hydrogen (secondary N) is 1. The van der Waals surface area contributed by atoms with Crippen molar-refractivity contribution in [2.45, 2.75) is 0 Å². The van der Waals surface area contributed by atoms with Crippen molar-refractivity contribution in [2.75, 3.05) is 26.2 Å². The second-order valence-electron chi connectivity index (χ2n) is 1.55. The van der Waals surface area contributed by atoms with Crippen LogP contribution < -0.4 is 11.1 Å². The Morgan fingerprint density at radius 2 is 1.91 bits per heavy atom. The molecule has 0 bridgehead atoms. The van der Waals surface area contributed by atoms with Crippen molar-refractivity contribution >= 4 is 0 Å². The smallest absolute Gasteiger partial charge is 0.0866 e. The highest BCUT2D eigenvalue weighted by molar-refractivity contribution is 4.39. The van der Waals surface area contributed by atoms with Crippen molar-refractivity contribution in [3.05, 3.63) is 15.3 Å². The van der Waals surface area contributed by atoms with Gasteiger partial charge >= 0.3 is 0 Å². The minimum atomic E-state index is -1.75. The fourth-order valence-electron chi connectivity index (χ4n) is 0.329. The summed E-state index contributed by atoms with van der Waals surface area (Å²) in [5.74, 6) is 0. The predicted octanol–water partition coefficient (Wildman–Crippen LogP) is -2.43. The summed E-state index contributed by atoms with van der Waals surface area (Å²) >= 11 is 0. The van der Waals surface area contributed by atoms with Gasteiger partial charge in [-0.3, -0.25) is 0 Å². The number of nitrogens with zero attached hydrogens (tertiary/aromatic N) is 1. The third-order valence-electron chi connectivity index (χ3n) is 0.642. The number of aliphatic hydroxyl groups excluding tert-OH is 1. The van der Waals surface area contributed by atoms with Crippen LogP contribution in [0.2, 0.25) is 0 Å². The van der Waals surface area contributed by atoms with E-state index in [1.54, 1.807) is 0 Å². The van der Waals surface area contributed by atoms with E-state index in [0.29, 0.717) is 6.54 Å². The van der Waals surface area contributed by atoms with Crippen molar-refractivity contribution in [3.8, 4) is 0 Å². The van der Waals surface area contributed by atoms with Gasteiger partial charge in [0.05, 0.1) is 18.2 Å². The van der Waals surface area contributed by atoms with Gasteiger partial charge in [0.1, 0.15) is 0 Å². The summed E-state index contributed by atoms with van der Waals surface area (Å²) in [7, 11) is 0. The average molecular weight is 167 g/mol. The van der Waals surface area contributed by atoms with Crippen molar-refractivity contribution in [2.24, 2.45) is 0 Å². The van der Waals surface area contributed by atoms with E-state index in [1.165, 1.54) is 0 Å². The van der Waals surface area contributed by atoms with Gasteiger partial charge in [0.2, 0.25) is 0 Å². The molecule has 0 aliphatic carbocycles. The molecule has 11 heavy (non-hydrogen) atoms. The molecule has 0 atom stereocenters. The normalized spacial score (nSPS) is 8.18. The monoisotopic (exact) mass is 167 g/mol. The van der Waals surface area contributed by atoms with Crippen LogP contribution in [-0.2, 0) is 0 Å². The van der Waals surface area contributed by atoms with Crippen molar-refractivity contribution in [3.63, 3.8) is 0 Å². The maximum atomic E-state index is 8.25. The van der Waals surface area contributed by atoms with E-state index in [2.05, 4.69) is 11.1 Å². The summed E-state index contributed by atoms with van der Waals surface area (Å²) in [6.45, 7) is 2.70. The standard InChI is InChI=1S/C4H12N2O.NO3/c5-1-2-6-3-4-7;2-1(3)4/h6-7H,1-5H2;/q;-1/p+1. The maximum absolute atomic E-state index is 8.25. The summed E-state index contributed by atoms with van der Waals surface area (Å²) in [6.07, 6.45) is 0. The zero-order chi connectivity index (χ0) is 9.11. The van der Waals surface area contributed by atoms with Crippen LogP contribution in [0.5, 0.6) is 0 Å². The van der Waals surface area contributed by atoms with E-state index in [0.717, 1.165) is 13.1 Å². The Morgan fingerprint density at radius 1 is 1.45 bits per heavy atom. The van der Waals surface area contributed by atoms with Crippen LogP contribution in [0.15, 0.2) is 0 Å². The molecular formula is C4H13N3O4. The van der Waals surface area contributed by atoms with Crippen LogP contribution in [0.25, 0.3) is 0 Å². The molecule has 0 saturated carbocycles. The van der Waals surface area contributed by atoms with Gasteiger partial charge < -0.3 is 31.5 Å². The molecule has 0 radical (unpaired) electrons. The van der Waals surface area contributed by atoms with Crippen molar-refractivity contribution < 1.29 is 15.9 Å². The van der Waals surface area contributed by atoms with E-state index in [1.807, 2.05) is 0 Å². The quantitative estimate of drug-likeness (QED) is 0.244. The molecule has 0 heterocycles. The molecular weight excluding hydrogens is 154 g/mol. The molecule has 0 spiro atoms. The van der Waals surface area contributed by atoms with Gasteiger partial charge in [0, 0.05) is 13.1 Å². The summed E-state index contributed by atoms with van der Waals surface area (Å²) in [5.41, 5.74) is 3.61. The lowest BCUT2D eigenvalue weighted by Crippen LogP contribution is -2.54. The first-order valence-corrected chi connectivity index (χ1v) is 3.07. The molecule has 0 rings (SSSR count). The van der Waals surface area contributed by atoms with Crippen molar-refractivity contribution in [1.29, 1.82) is 0 Å². The third-order valence-corrected chi connectivity index (χ3v) is 0.642. The number of quaternary nitrogens is 1. The molecule has 5 N–H and O–H groups in total. The number of aliphatic hydroxyl groups is 1. The Hall–Kier alpha value is -0.920. The number of hydrogen-bond donors (Lipinski definition) is 3. The van der Waals surface area contributed by atoms with Crippen LogP contribution in [-0.4, -0.2) is 36.4 Å². The fraction of sp³-hybridized carbons (Fsp3) is 1.00. The average Bonchev–Trinajstić information content (AvgIpc) is 1.88. The second kappa shape index (κ2) is 11.8. The molecule has 0 aliphatic heterocycles. The van der Waals surface area contributed by atoms with E-state index in [9.17, 15) is 0 Å². The van der Waals surface area contributed by atoms with Gasteiger partial charge in [-0.1, -0.05) is 0 Å². The Balaban J connectivity index is 0. The lowest BCUT2D eigenvalue weighted by Gasteiger charge is -1.93. The highest BCUT2D eigenvalue weighted by atomic mass is 16.9. The molecule has 68 valence electrons. The van der Waals surface area contributed by atoms with Gasteiger partial charge in [0.15, 0.2) is 0 Å². The van der Waals surface area contributed by atoms with Gasteiger partial charge in [-0.05, 0) is 0 Å². The SMILES string of the molecule is O=[N+]([O-])[O-].[NH3+]CCNCCO. The molecule has 0 aromatic carbocycles. The maximum Gasteiger partial charge on any atom is 0.0866 e. The Morgan fingerprint density at radius 3 is 2.18 bits per heavy atom. The molecule has 0 fully saturated rings. The molecule has 0 saturated heterocycles. The van der Waals surface area contributed by atoms with E-state index >= 15 is 0 Å². The van der Waals surface area contributed by atoms with Crippen LogP contribution in [0.3, 0.4) is 0 Å². The predicted molar refractivity (Wildman–Crippen MR) is 38.1 cm³/mol. The zero-order valence-corrected chi connectivity index (χ0v) is 6.15. The number of hydrogen-bond acceptors (Lipinski definition) is 5. The first-order chi connectivity index (χ1) is 5.15. The van der Waals surface area contributed by atoms with E-state index in [4.69, 9.17) is 20.4 Å². The Kier molecular flexibility index (Phi) is 13.7. The summed E-state index contributed by atoms with van der Waals surface area (Å²) in [4.78, 5) is 8.25. The molecule has 0 aliphatic rings. The largest absolute Gasteiger partial charge is 0.395 e. The fourth-order valence-corrected chi connectivity index (χ4v) is 0.329. The molecule has 7 nitrogen and oxygen atoms in total. The topological polar surface area (TPSA) is 126 Å². The zero-order valence-electron chi connectivity index (χ0n) is 6.15. The van der Waals surface area contributed by atoms with Crippen LogP contribution in [0.4, 0.5) is 0 Å². The minimum absolute atomic E-state index is 0.222. The number of rotatable bonds is 4. The van der Waals surface area contributed by atoms with E-state index in [-0.39, 0.29) is 6.61 Å². The molecule has 7 heteroatoms. The summed E-state index contributed by atoms with van der Waals surface area (Å²) in [5, 5.41) is 25.9. The molecule has 0 amide bonds. The Bertz CT molecular complexity index is 81.4. The summed E-state index contributed by atoms with van der Waals surface area (Å²) in [6, 6.07) is 0. The van der Waals surface area contributed by atoms with Gasteiger partial charge in [0.25, 0.3) is 0 Å². The second-order valence-corrected chi connectivity index (χ2v) is 1.55. The van der Waals surface area contributed by atoms with Gasteiger partial charge in [-0.2, -0.15) is 0 Å². The first kappa shape index (κ1) is 12.7. The molecule has 0 aromatic rings. The molecule has 0 unspecified atom stereocenters. The van der Waals surface area contributed by atoms with Gasteiger partial charge in [-0.25, -0.2) is 0 Å².